The fraction of sp³-hybridized carbons (Fsp3) is 0.600. The third kappa shape index (κ3) is 5.25. The second-order valence-corrected chi connectivity index (χ2v) is 6.50. The molecule has 2 aromatic heterocycles. The van der Waals surface area contributed by atoms with Gasteiger partial charge < -0.3 is 4.74 Å². The van der Waals surface area contributed by atoms with E-state index in [1.807, 2.05) is 0 Å². The zero-order chi connectivity index (χ0) is 17.7. The maximum absolute atomic E-state index is 11.9. The molecule has 0 spiro atoms. The molecule has 24 heavy (non-hydrogen) atoms. The van der Waals surface area contributed by atoms with Crippen molar-refractivity contribution in [3.05, 3.63) is 23.8 Å². The molecule has 0 aliphatic heterocycles. The van der Waals surface area contributed by atoms with Crippen molar-refractivity contribution in [2.24, 2.45) is 0 Å². The SMILES string of the molecule is CC(=O)c1cn(CCCCn2cc(C(=O)OC(C)(C)C)nn2)nn1. The summed E-state index contributed by atoms with van der Waals surface area (Å²) in [5.74, 6) is -0.577. The third-order valence-corrected chi connectivity index (χ3v) is 3.07. The number of ether oxygens (including phenoxy) is 1. The lowest BCUT2D eigenvalue weighted by molar-refractivity contribution is 0.00626. The van der Waals surface area contributed by atoms with Crippen LogP contribution in [0.25, 0.3) is 0 Å². The fourth-order valence-corrected chi connectivity index (χ4v) is 1.95. The van der Waals surface area contributed by atoms with Crippen LogP contribution in [0.2, 0.25) is 0 Å². The standard InChI is InChI=1S/C15H22N6O3/c1-11(22)12-9-20(18-16-12)7-5-6-8-21-10-13(17-19-21)14(23)24-15(2,3)4/h9-10H,5-8H2,1-4H3. The molecule has 2 heterocycles. The quantitative estimate of drug-likeness (QED) is 0.429. The average Bonchev–Trinajstić information content (AvgIpc) is 3.11. The van der Waals surface area contributed by atoms with E-state index in [4.69, 9.17) is 4.74 Å². The Hall–Kier alpha value is -2.58. The van der Waals surface area contributed by atoms with Crippen LogP contribution in [0.1, 0.15) is 61.5 Å². The van der Waals surface area contributed by atoms with Crippen LogP contribution in [0.5, 0.6) is 0 Å². The minimum atomic E-state index is -0.558. The number of esters is 1. The number of nitrogens with zero attached hydrogens (tertiary/aromatic N) is 6. The molecule has 0 saturated heterocycles. The van der Waals surface area contributed by atoms with Crippen LogP contribution < -0.4 is 0 Å². The van der Waals surface area contributed by atoms with E-state index in [9.17, 15) is 9.59 Å². The number of unbranched alkanes of at least 4 members (excludes halogenated alkanes) is 1. The highest BCUT2D eigenvalue weighted by atomic mass is 16.6. The molecule has 2 rings (SSSR count). The fourth-order valence-electron chi connectivity index (χ4n) is 1.95. The number of carbonyl (C=O) groups is 2. The van der Waals surface area contributed by atoms with Gasteiger partial charge in [-0.1, -0.05) is 10.4 Å². The number of hydrogen-bond acceptors (Lipinski definition) is 7. The van der Waals surface area contributed by atoms with Gasteiger partial charge in [0.2, 0.25) is 0 Å². The van der Waals surface area contributed by atoms with Crippen molar-refractivity contribution in [1.82, 2.24) is 30.0 Å². The number of aromatic nitrogens is 6. The van der Waals surface area contributed by atoms with Crippen molar-refractivity contribution in [1.29, 1.82) is 0 Å². The van der Waals surface area contributed by atoms with E-state index in [0.717, 1.165) is 12.8 Å². The molecule has 0 saturated carbocycles. The van der Waals surface area contributed by atoms with E-state index in [-0.39, 0.29) is 11.5 Å². The normalized spacial score (nSPS) is 11.5. The van der Waals surface area contributed by atoms with E-state index in [2.05, 4.69) is 20.6 Å². The van der Waals surface area contributed by atoms with Gasteiger partial charge in [-0.3, -0.25) is 14.2 Å². The van der Waals surface area contributed by atoms with Crippen molar-refractivity contribution >= 4 is 11.8 Å². The number of rotatable bonds is 7. The molecule has 0 atom stereocenters. The van der Waals surface area contributed by atoms with Gasteiger partial charge in [-0.25, -0.2) is 4.79 Å². The smallest absolute Gasteiger partial charge is 0.361 e. The van der Waals surface area contributed by atoms with Gasteiger partial charge >= 0.3 is 5.97 Å². The summed E-state index contributed by atoms with van der Waals surface area (Å²) in [6, 6.07) is 0. The second-order valence-electron chi connectivity index (χ2n) is 6.50. The second kappa shape index (κ2) is 7.33. The molecule has 0 radical (unpaired) electrons. The molecule has 0 aliphatic rings. The van der Waals surface area contributed by atoms with E-state index in [1.54, 1.807) is 42.5 Å². The van der Waals surface area contributed by atoms with Gasteiger partial charge in [-0.2, -0.15) is 0 Å². The Bertz CT molecular complexity index is 713. The first-order valence-electron chi connectivity index (χ1n) is 7.79. The first-order valence-corrected chi connectivity index (χ1v) is 7.79. The Kier molecular flexibility index (Phi) is 5.42. The minimum absolute atomic E-state index is 0.0986. The molecule has 0 bridgehead atoms. The molecule has 9 nitrogen and oxygen atoms in total. The van der Waals surface area contributed by atoms with Crippen molar-refractivity contribution in [2.45, 2.75) is 59.2 Å². The topological polar surface area (TPSA) is 105 Å². The zero-order valence-electron chi connectivity index (χ0n) is 14.4. The first kappa shape index (κ1) is 17.8. The molecule has 0 aliphatic carbocycles. The molecule has 0 aromatic carbocycles. The lowest BCUT2D eigenvalue weighted by Gasteiger charge is -2.18. The van der Waals surface area contributed by atoms with E-state index in [1.165, 1.54) is 6.92 Å². The summed E-state index contributed by atoms with van der Waals surface area (Å²) >= 11 is 0. The summed E-state index contributed by atoms with van der Waals surface area (Å²) in [6.07, 6.45) is 4.88. The average molecular weight is 334 g/mol. The predicted octanol–water partition coefficient (Wildman–Crippen LogP) is 1.51. The van der Waals surface area contributed by atoms with Crippen LogP contribution in [0.15, 0.2) is 12.4 Å². The molecule has 0 fully saturated rings. The highest BCUT2D eigenvalue weighted by Crippen LogP contribution is 2.10. The Morgan fingerprint density at radius 1 is 1.00 bits per heavy atom. The summed E-state index contributed by atoms with van der Waals surface area (Å²) < 4.78 is 8.50. The predicted molar refractivity (Wildman–Crippen MR) is 84.5 cm³/mol. The number of Topliss-reactive ketones (excluding diaryl/α,β-unsaturated/α-hetero) is 1. The number of aryl methyl sites for hydroxylation is 2. The summed E-state index contributed by atoms with van der Waals surface area (Å²) in [4.78, 5) is 23.0. The number of hydrogen-bond donors (Lipinski definition) is 0. The van der Waals surface area contributed by atoms with Crippen molar-refractivity contribution in [3.8, 4) is 0 Å². The van der Waals surface area contributed by atoms with Crippen LogP contribution in [0.4, 0.5) is 0 Å². The molecule has 0 unspecified atom stereocenters. The Morgan fingerprint density at radius 2 is 1.50 bits per heavy atom. The summed E-state index contributed by atoms with van der Waals surface area (Å²) in [6.45, 7) is 8.16. The third-order valence-electron chi connectivity index (χ3n) is 3.07. The van der Waals surface area contributed by atoms with Gasteiger partial charge in [0.15, 0.2) is 11.5 Å². The van der Waals surface area contributed by atoms with E-state index >= 15 is 0 Å². The summed E-state index contributed by atoms with van der Waals surface area (Å²) in [5, 5.41) is 15.4. The zero-order valence-corrected chi connectivity index (χ0v) is 14.4. The van der Waals surface area contributed by atoms with Crippen molar-refractivity contribution in [3.63, 3.8) is 0 Å². The highest BCUT2D eigenvalue weighted by molar-refractivity contribution is 5.91. The van der Waals surface area contributed by atoms with Crippen molar-refractivity contribution < 1.29 is 14.3 Å². The van der Waals surface area contributed by atoms with Gasteiger partial charge in [0.05, 0.1) is 12.4 Å². The monoisotopic (exact) mass is 334 g/mol. The van der Waals surface area contributed by atoms with Crippen LogP contribution in [-0.2, 0) is 17.8 Å². The molecule has 130 valence electrons. The van der Waals surface area contributed by atoms with Gasteiger partial charge in [-0.05, 0) is 33.6 Å². The summed E-state index contributed by atoms with van der Waals surface area (Å²) in [7, 11) is 0. The Balaban J connectivity index is 1.76. The highest BCUT2D eigenvalue weighted by Gasteiger charge is 2.20. The molecular formula is C15H22N6O3. The van der Waals surface area contributed by atoms with Gasteiger partial charge in [-0.15, -0.1) is 10.2 Å². The first-order chi connectivity index (χ1) is 11.2. The minimum Gasteiger partial charge on any atom is -0.455 e. The maximum Gasteiger partial charge on any atom is 0.361 e. The van der Waals surface area contributed by atoms with Gasteiger partial charge in [0, 0.05) is 20.0 Å². The van der Waals surface area contributed by atoms with Crippen LogP contribution >= 0.6 is 0 Å². The largest absolute Gasteiger partial charge is 0.455 e. The Labute approximate surface area is 140 Å². The van der Waals surface area contributed by atoms with E-state index in [0.29, 0.717) is 18.8 Å². The molecule has 9 heteroatoms. The van der Waals surface area contributed by atoms with Crippen LogP contribution in [0.3, 0.4) is 0 Å². The van der Waals surface area contributed by atoms with Gasteiger partial charge in [0.25, 0.3) is 0 Å². The number of ketones is 1. The Morgan fingerprint density at radius 3 is 1.96 bits per heavy atom. The number of carbonyl (C=O) groups excluding carboxylic acids is 2. The van der Waals surface area contributed by atoms with Crippen LogP contribution in [0, 0.1) is 0 Å². The van der Waals surface area contributed by atoms with Gasteiger partial charge in [0.1, 0.15) is 11.3 Å². The van der Waals surface area contributed by atoms with Crippen molar-refractivity contribution in [2.75, 3.05) is 0 Å². The maximum atomic E-state index is 11.9. The van der Waals surface area contributed by atoms with Crippen LogP contribution in [-0.4, -0.2) is 47.3 Å². The molecule has 0 N–H and O–H groups in total. The molecule has 0 amide bonds. The molecular weight excluding hydrogens is 312 g/mol. The van der Waals surface area contributed by atoms with E-state index < -0.39 is 11.6 Å². The molecule has 2 aromatic rings. The summed E-state index contributed by atoms with van der Waals surface area (Å²) in [5.41, 5.74) is 0.0118. The lowest BCUT2D eigenvalue weighted by Crippen LogP contribution is -2.24. The lowest BCUT2D eigenvalue weighted by atomic mass is 10.2.